The summed E-state index contributed by atoms with van der Waals surface area (Å²) in [5.41, 5.74) is 0.598. The molecule has 5 heteroatoms. The molecule has 0 heterocycles. The quantitative estimate of drug-likeness (QED) is 0.648. The number of hydrogen-bond donors (Lipinski definition) is 2. The van der Waals surface area contributed by atoms with Gasteiger partial charge in [0.15, 0.2) is 0 Å². The van der Waals surface area contributed by atoms with Crippen LogP contribution in [-0.2, 0) is 9.53 Å². The lowest BCUT2D eigenvalue weighted by Gasteiger charge is -2.07. The minimum Gasteiger partial charge on any atom is -0.381 e. The highest BCUT2D eigenvalue weighted by Gasteiger charge is 2.01. The summed E-state index contributed by atoms with van der Waals surface area (Å²) < 4.78 is 18.1. The van der Waals surface area contributed by atoms with Crippen molar-refractivity contribution in [1.82, 2.24) is 5.32 Å². The molecule has 0 atom stereocenters. The third kappa shape index (κ3) is 7.86. The van der Waals surface area contributed by atoms with E-state index in [2.05, 4.69) is 17.6 Å². The summed E-state index contributed by atoms with van der Waals surface area (Å²) in [6.45, 7) is 4.63. The van der Waals surface area contributed by atoms with Crippen LogP contribution >= 0.6 is 0 Å². The van der Waals surface area contributed by atoms with Crippen molar-refractivity contribution in [2.24, 2.45) is 0 Å². The summed E-state index contributed by atoms with van der Waals surface area (Å²) >= 11 is 0. The first-order valence-electron chi connectivity index (χ1n) is 7.06. The molecule has 0 spiro atoms. The van der Waals surface area contributed by atoms with Crippen molar-refractivity contribution < 1.29 is 13.9 Å². The molecular formula is C15H23FN2O2. The Hall–Kier alpha value is -1.46. The lowest BCUT2D eigenvalue weighted by molar-refractivity contribution is -0.115. The van der Waals surface area contributed by atoms with Crippen LogP contribution < -0.4 is 10.6 Å². The average molecular weight is 282 g/mol. The van der Waals surface area contributed by atoms with Gasteiger partial charge in [-0.15, -0.1) is 0 Å². The number of halogens is 1. The molecule has 0 unspecified atom stereocenters. The molecule has 0 aliphatic heterocycles. The van der Waals surface area contributed by atoms with E-state index < -0.39 is 0 Å². The lowest BCUT2D eigenvalue weighted by atomic mass is 10.3. The van der Waals surface area contributed by atoms with Gasteiger partial charge in [-0.05, 0) is 43.7 Å². The number of carbonyl (C=O) groups excluding carboxylic acids is 1. The number of amides is 1. The fourth-order valence-corrected chi connectivity index (χ4v) is 1.59. The topological polar surface area (TPSA) is 50.4 Å². The minimum atomic E-state index is -0.316. The van der Waals surface area contributed by atoms with Gasteiger partial charge in [-0.25, -0.2) is 4.39 Å². The van der Waals surface area contributed by atoms with Gasteiger partial charge in [-0.3, -0.25) is 4.79 Å². The van der Waals surface area contributed by atoms with Gasteiger partial charge in [0.05, 0.1) is 6.54 Å². The number of nitrogens with one attached hydrogen (secondary N) is 2. The van der Waals surface area contributed by atoms with Gasteiger partial charge in [0.25, 0.3) is 0 Å². The summed E-state index contributed by atoms with van der Waals surface area (Å²) in [4.78, 5) is 11.6. The molecule has 4 nitrogen and oxygen atoms in total. The normalized spacial score (nSPS) is 10.5. The summed E-state index contributed by atoms with van der Waals surface area (Å²) in [6, 6.07) is 5.71. The fourth-order valence-electron chi connectivity index (χ4n) is 1.59. The standard InChI is InChI=1S/C15H23FN2O2/c1-2-3-10-20-11-4-9-17-12-15(19)18-14-7-5-13(16)6-8-14/h5-8,17H,2-4,9-12H2,1H3,(H,18,19). The van der Waals surface area contributed by atoms with Gasteiger partial charge in [-0.2, -0.15) is 0 Å². The molecule has 0 aromatic heterocycles. The van der Waals surface area contributed by atoms with Crippen molar-refractivity contribution in [2.75, 3.05) is 31.6 Å². The number of ether oxygens (including phenoxy) is 1. The van der Waals surface area contributed by atoms with Gasteiger partial charge in [-0.1, -0.05) is 13.3 Å². The summed E-state index contributed by atoms with van der Waals surface area (Å²) in [6.07, 6.45) is 3.11. The van der Waals surface area contributed by atoms with Crippen LogP contribution in [0.4, 0.5) is 10.1 Å². The SMILES string of the molecule is CCCCOCCCNCC(=O)Nc1ccc(F)cc1. The summed E-state index contributed by atoms with van der Waals surface area (Å²) in [5, 5.41) is 5.73. The first-order valence-corrected chi connectivity index (χ1v) is 7.06. The Morgan fingerprint density at radius 2 is 1.90 bits per heavy atom. The Labute approximate surface area is 119 Å². The van der Waals surface area contributed by atoms with Crippen molar-refractivity contribution >= 4 is 11.6 Å². The van der Waals surface area contributed by atoms with E-state index in [1.807, 2.05) is 0 Å². The molecule has 0 aliphatic carbocycles. The summed E-state index contributed by atoms with van der Waals surface area (Å²) in [7, 11) is 0. The van der Waals surface area contributed by atoms with Gasteiger partial charge in [0.1, 0.15) is 5.82 Å². The molecule has 0 saturated heterocycles. The molecule has 0 bridgehead atoms. The van der Waals surface area contributed by atoms with E-state index in [1.54, 1.807) is 0 Å². The van der Waals surface area contributed by atoms with E-state index in [1.165, 1.54) is 24.3 Å². The van der Waals surface area contributed by atoms with Crippen molar-refractivity contribution in [1.29, 1.82) is 0 Å². The largest absolute Gasteiger partial charge is 0.381 e. The smallest absolute Gasteiger partial charge is 0.238 e. The molecule has 112 valence electrons. The third-order valence-electron chi connectivity index (χ3n) is 2.70. The third-order valence-corrected chi connectivity index (χ3v) is 2.70. The zero-order chi connectivity index (χ0) is 14.6. The predicted octanol–water partition coefficient (Wildman–Crippen LogP) is 2.56. The Balaban J connectivity index is 2.01. The fraction of sp³-hybridized carbons (Fsp3) is 0.533. The van der Waals surface area contributed by atoms with Crippen LogP contribution in [0.25, 0.3) is 0 Å². The van der Waals surface area contributed by atoms with E-state index in [-0.39, 0.29) is 18.3 Å². The highest BCUT2D eigenvalue weighted by Crippen LogP contribution is 2.07. The maximum absolute atomic E-state index is 12.7. The Bertz CT molecular complexity index is 382. The van der Waals surface area contributed by atoms with Crippen LogP contribution in [0.3, 0.4) is 0 Å². The van der Waals surface area contributed by atoms with Crippen molar-refractivity contribution in [3.8, 4) is 0 Å². The van der Waals surface area contributed by atoms with Crippen molar-refractivity contribution in [3.05, 3.63) is 30.1 Å². The lowest BCUT2D eigenvalue weighted by Crippen LogP contribution is -2.29. The van der Waals surface area contributed by atoms with Crippen LogP contribution in [0.5, 0.6) is 0 Å². The van der Waals surface area contributed by atoms with Crippen LogP contribution in [0.2, 0.25) is 0 Å². The van der Waals surface area contributed by atoms with Crippen molar-refractivity contribution in [2.45, 2.75) is 26.2 Å². The van der Waals surface area contributed by atoms with Crippen LogP contribution in [-0.4, -0.2) is 32.2 Å². The van der Waals surface area contributed by atoms with E-state index >= 15 is 0 Å². The highest BCUT2D eigenvalue weighted by atomic mass is 19.1. The molecule has 1 aromatic carbocycles. The molecule has 0 fully saturated rings. The molecule has 1 amide bonds. The molecule has 1 rings (SSSR count). The molecule has 0 radical (unpaired) electrons. The van der Waals surface area contributed by atoms with Gasteiger partial charge in [0.2, 0.25) is 5.91 Å². The van der Waals surface area contributed by atoms with Crippen molar-refractivity contribution in [3.63, 3.8) is 0 Å². The maximum atomic E-state index is 12.7. The van der Waals surface area contributed by atoms with Gasteiger partial charge >= 0.3 is 0 Å². The molecule has 2 N–H and O–H groups in total. The molecule has 0 aliphatic rings. The highest BCUT2D eigenvalue weighted by molar-refractivity contribution is 5.92. The zero-order valence-electron chi connectivity index (χ0n) is 12.0. The zero-order valence-corrected chi connectivity index (χ0v) is 12.0. The molecule has 0 saturated carbocycles. The second-order valence-corrected chi connectivity index (χ2v) is 4.55. The van der Waals surface area contributed by atoms with Crippen LogP contribution in [0.15, 0.2) is 24.3 Å². The second-order valence-electron chi connectivity index (χ2n) is 4.55. The molecule has 1 aromatic rings. The number of benzene rings is 1. The number of hydrogen-bond acceptors (Lipinski definition) is 3. The molecular weight excluding hydrogens is 259 g/mol. The van der Waals surface area contributed by atoms with Gasteiger partial charge < -0.3 is 15.4 Å². The number of unbranched alkanes of at least 4 members (excludes halogenated alkanes) is 1. The van der Waals surface area contributed by atoms with E-state index in [0.717, 1.165) is 32.4 Å². The van der Waals surface area contributed by atoms with E-state index in [4.69, 9.17) is 4.74 Å². The van der Waals surface area contributed by atoms with E-state index in [0.29, 0.717) is 12.3 Å². The number of carbonyl (C=O) groups is 1. The monoisotopic (exact) mass is 282 g/mol. The summed E-state index contributed by atoms with van der Waals surface area (Å²) in [5.74, 6) is -0.451. The maximum Gasteiger partial charge on any atom is 0.238 e. The first kappa shape index (κ1) is 16.6. The second kappa shape index (κ2) is 10.3. The minimum absolute atomic E-state index is 0.136. The number of anilines is 1. The predicted molar refractivity (Wildman–Crippen MR) is 78.2 cm³/mol. The molecule has 20 heavy (non-hydrogen) atoms. The Morgan fingerprint density at radius 1 is 1.20 bits per heavy atom. The van der Waals surface area contributed by atoms with Crippen LogP contribution in [0, 0.1) is 5.82 Å². The average Bonchev–Trinajstić information content (AvgIpc) is 2.44. The van der Waals surface area contributed by atoms with E-state index in [9.17, 15) is 9.18 Å². The number of rotatable bonds is 10. The van der Waals surface area contributed by atoms with Crippen LogP contribution in [0.1, 0.15) is 26.2 Å². The Kier molecular flexibility index (Phi) is 8.58. The Morgan fingerprint density at radius 3 is 2.60 bits per heavy atom. The first-order chi connectivity index (χ1) is 9.72. The van der Waals surface area contributed by atoms with Gasteiger partial charge in [0, 0.05) is 18.9 Å².